The van der Waals surface area contributed by atoms with Gasteiger partial charge in [-0.3, -0.25) is 9.59 Å². The van der Waals surface area contributed by atoms with Crippen molar-refractivity contribution in [3.63, 3.8) is 0 Å². The first-order chi connectivity index (χ1) is 9.06. The number of Topliss-reactive ketones (excluding diaryl/α,β-unsaturated/α-hetero) is 1. The SMILES string of the molecule is CC(C)CCNC(=O)Cn1ccc(C(=O)C2CC2)c1. The second-order valence-electron chi connectivity index (χ2n) is 5.74. The number of hydrogen-bond donors (Lipinski definition) is 1. The van der Waals surface area contributed by atoms with Crippen molar-refractivity contribution in [1.29, 1.82) is 0 Å². The average Bonchev–Trinajstić information content (AvgIpc) is 3.09. The molecule has 0 aromatic carbocycles. The number of ketones is 1. The Bertz CT molecular complexity index is 458. The topological polar surface area (TPSA) is 51.1 Å². The quantitative estimate of drug-likeness (QED) is 0.766. The highest BCUT2D eigenvalue weighted by molar-refractivity contribution is 5.99. The molecular weight excluding hydrogens is 240 g/mol. The van der Waals surface area contributed by atoms with Crippen LogP contribution in [-0.4, -0.2) is 22.8 Å². The first-order valence-electron chi connectivity index (χ1n) is 7.03. The second kappa shape index (κ2) is 6.04. The summed E-state index contributed by atoms with van der Waals surface area (Å²) >= 11 is 0. The lowest BCUT2D eigenvalue weighted by atomic mass is 10.1. The fourth-order valence-electron chi connectivity index (χ4n) is 1.99. The average molecular weight is 262 g/mol. The summed E-state index contributed by atoms with van der Waals surface area (Å²) < 4.78 is 1.78. The molecule has 19 heavy (non-hydrogen) atoms. The van der Waals surface area contributed by atoms with Crippen molar-refractivity contribution in [2.75, 3.05) is 6.54 Å². The van der Waals surface area contributed by atoms with E-state index < -0.39 is 0 Å². The van der Waals surface area contributed by atoms with Crippen LogP contribution in [-0.2, 0) is 11.3 Å². The third-order valence-electron chi connectivity index (χ3n) is 3.35. The van der Waals surface area contributed by atoms with E-state index in [0.717, 1.165) is 24.8 Å². The van der Waals surface area contributed by atoms with E-state index in [-0.39, 0.29) is 24.2 Å². The van der Waals surface area contributed by atoms with Crippen LogP contribution < -0.4 is 5.32 Å². The maximum absolute atomic E-state index is 11.8. The lowest BCUT2D eigenvalue weighted by Gasteiger charge is -2.07. The van der Waals surface area contributed by atoms with Gasteiger partial charge in [-0.05, 0) is 31.2 Å². The molecule has 1 aromatic heterocycles. The van der Waals surface area contributed by atoms with E-state index in [1.54, 1.807) is 17.0 Å². The summed E-state index contributed by atoms with van der Waals surface area (Å²) in [7, 11) is 0. The van der Waals surface area contributed by atoms with Gasteiger partial charge < -0.3 is 9.88 Å². The van der Waals surface area contributed by atoms with Gasteiger partial charge in [-0.1, -0.05) is 13.8 Å². The molecule has 1 N–H and O–H groups in total. The van der Waals surface area contributed by atoms with Gasteiger partial charge in [0.2, 0.25) is 5.91 Å². The molecule has 1 aromatic rings. The molecule has 0 radical (unpaired) electrons. The van der Waals surface area contributed by atoms with Crippen LogP contribution in [0.15, 0.2) is 18.5 Å². The number of carbonyl (C=O) groups is 2. The molecule has 1 aliphatic carbocycles. The minimum atomic E-state index is 0.00155. The molecule has 0 spiro atoms. The van der Waals surface area contributed by atoms with Gasteiger partial charge in [-0.15, -0.1) is 0 Å². The molecule has 0 bridgehead atoms. The van der Waals surface area contributed by atoms with Crippen LogP contribution in [0.5, 0.6) is 0 Å². The molecule has 1 fully saturated rings. The summed E-state index contributed by atoms with van der Waals surface area (Å²) in [6.07, 6.45) is 6.60. The Morgan fingerprint density at radius 3 is 2.79 bits per heavy atom. The molecular formula is C15H22N2O2. The highest BCUT2D eigenvalue weighted by Crippen LogP contribution is 2.32. The van der Waals surface area contributed by atoms with Crippen molar-refractivity contribution in [2.24, 2.45) is 11.8 Å². The number of nitrogens with one attached hydrogen (secondary N) is 1. The highest BCUT2D eigenvalue weighted by atomic mass is 16.2. The molecule has 1 heterocycles. The maximum atomic E-state index is 11.8. The minimum Gasteiger partial charge on any atom is -0.355 e. The van der Waals surface area contributed by atoms with Crippen molar-refractivity contribution in [1.82, 2.24) is 9.88 Å². The molecule has 0 aliphatic heterocycles. The second-order valence-corrected chi connectivity index (χ2v) is 5.74. The summed E-state index contributed by atoms with van der Waals surface area (Å²) in [5, 5.41) is 2.89. The van der Waals surface area contributed by atoms with E-state index in [1.165, 1.54) is 0 Å². The lowest BCUT2D eigenvalue weighted by Crippen LogP contribution is -2.28. The van der Waals surface area contributed by atoms with E-state index in [0.29, 0.717) is 12.5 Å². The van der Waals surface area contributed by atoms with Gasteiger partial charge in [0.15, 0.2) is 5.78 Å². The fourth-order valence-corrected chi connectivity index (χ4v) is 1.99. The van der Waals surface area contributed by atoms with Crippen molar-refractivity contribution >= 4 is 11.7 Å². The lowest BCUT2D eigenvalue weighted by molar-refractivity contribution is -0.121. The Balaban J connectivity index is 1.79. The van der Waals surface area contributed by atoms with Gasteiger partial charge in [-0.2, -0.15) is 0 Å². The predicted octanol–water partition coefficient (Wildman–Crippen LogP) is 2.24. The molecule has 4 heteroatoms. The molecule has 1 amide bonds. The Kier molecular flexibility index (Phi) is 4.40. The Labute approximate surface area is 114 Å². The predicted molar refractivity (Wildman–Crippen MR) is 74.0 cm³/mol. The molecule has 2 rings (SSSR count). The highest BCUT2D eigenvalue weighted by Gasteiger charge is 2.30. The van der Waals surface area contributed by atoms with E-state index in [2.05, 4.69) is 19.2 Å². The van der Waals surface area contributed by atoms with Crippen molar-refractivity contribution < 1.29 is 9.59 Å². The third kappa shape index (κ3) is 4.23. The number of hydrogen-bond acceptors (Lipinski definition) is 2. The molecule has 1 aliphatic rings. The van der Waals surface area contributed by atoms with Crippen LogP contribution in [0.2, 0.25) is 0 Å². The van der Waals surface area contributed by atoms with Crippen LogP contribution in [0, 0.1) is 11.8 Å². The van der Waals surface area contributed by atoms with Crippen LogP contribution in [0.3, 0.4) is 0 Å². The van der Waals surface area contributed by atoms with Gasteiger partial charge in [0, 0.05) is 30.4 Å². The van der Waals surface area contributed by atoms with Crippen molar-refractivity contribution in [3.8, 4) is 0 Å². The first kappa shape index (κ1) is 13.8. The summed E-state index contributed by atoms with van der Waals surface area (Å²) in [5.74, 6) is 1.05. The summed E-state index contributed by atoms with van der Waals surface area (Å²) in [6.45, 7) is 5.27. The zero-order valence-electron chi connectivity index (χ0n) is 11.7. The van der Waals surface area contributed by atoms with Gasteiger partial charge in [-0.25, -0.2) is 0 Å². The van der Waals surface area contributed by atoms with Crippen LogP contribution in [0.1, 0.15) is 43.5 Å². The molecule has 0 atom stereocenters. The minimum absolute atomic E-state index is 0.00155. The van der Waals surface area contributed by atoms with Gasteiger partial charge in [0.05, 0.1) is 0 Å². The third-order valence-corrected chi connectivity index (χ3v) is 3.35. The number of carbonyl (C=O) groups excluding carboxylic acids is 2. The smallest absolute Gasteiger partial charge is 0.239 e. The van der Waals surface area contributed by atoms with Gasteiger partial charge >= 0.3 is 0 Å². The summed E-state index contributed by atoms with van der Waals surface area (Å²) in [4.78, 5) is 23.5. The number of rotatable bonds is 7. The largest absolute Gasteiger partial charge is 0.355 e. The zero-order valence-corrected chi connectivity index (χ0v) is 11.7. The van der Waals surface area contributed by atoms with Gasteiger partial charge in [0.25, 0.3) is 0 Å². The number of amides is 1. The van der Waals surface area contributed by atoms with E-state index in [9.17, 15) is 9.59 Å². The number of aromatic nitrogens is 1. The monoisotopic (exact) mass is 262 g/mol. The maximum Gasteiger partial charge on any atom is 0.239 e. The molecule has 4 nitrogen and oxygen atoms in total. The van der Waals surface area contributed by atoms with E-state index in [1.807, 2.05) is 6.07 Å². The normalized spacial score (nSPS) is 14.7. The van der Waals surface area contributed by atoms with Crippen LogP contribution in [0.4, 0.5) is 0 Å². The molecule has 0 saturated heterocycles. The Morgan fingerprint density at radius 1 is 1.42 bits per heavy atom. The number of nitrogens with zero attached hydrogens (tertiary/aromatic N) is 1. The Hall–Kier alpha value is -1.58. The van der Waals surface area contributed by atoms with Crippen LogP contribution in [0.25, 0.3) is 0 Å². The van der Waals surface area contributed by atoms with Crippen molar-refractivity contribution in [3.05, 3.63) is 24.0 Å². The van der Waals surface area contributed by atoms with E-state index >= 15 is 0 Å². The van der Waals surface area contributed by atoms with E-state index in [4.69, 9.17) is 0 Å². The standard InChI is InChI=1S/C15H22N2O2/c1-11(2)5-7-16-14(18)10-17-8-6-13(9-17)15(19)12-3-4-12/h6,8-9,11-12H,3-5,7,10H2,1-2H3,(H,16,18). The van der Waals surface area contributed by atoms with Crippen molar-refractivity contribution in [2.45, 2.75) is 39.7 Å². The zero-order chi connectivity index (χ0) is 13.8. The summed E-state index contributed by atoms with van der Waals surface area (Å²) in [6, 6.07) is 1.81. The Morgan fingerprint density at radius 2 is 2.16 bits per heavy atom. The molecule has 104 valence electrons. The van der Waals surface area contributed by atoms with Gasteiger partial charge in [0.1, 0.15) is 6.54 Å². The fraction of sp³-hybridized carbons (Fsp3) is 0.600. The first-order valence-corrected chi connectivity index (χ1v) is 7.03. The van der Waals surface area contributed by atoms with Crippen LogP contribution >= 0.6 is 0 Å². The molecule has 0 unspecified atom stereocenters. The molecule has 1 saturated carbocycles. The summed E-state index contributed by atoms with van der Waals surface area (Å²) in [5.41, 5.74) is 0.734.